The minimum atomic E-state index is -4.75. The molecule has 1 amide bonds. The van der Waals surface area contributed by atoms with Crippen molar-refractivity contribution in [1.82, 2.24) is 19.6 Å². The van der Waals surface area contributed by atoms with Gasteiger partial charge in [-0.3, -0.25) is 9.69 Å². The highest BCUT2D eigenvalue weighted by molar-refractivity contribution is 5.95. The summed E-state index contributed by atoms with van der Waals surface area (Å²) in [5, 5.41) is 3.94. The second kappa shape index (κ2) is 9.35. The van der Waals surface area contributed by atoms with Gasteiger partial charge in [0.1, 0.15) is 5.82 Å². The highest BCUT2D eigenvalue weighted by atomic mass is 19.4. The smallest absolute Gasteiger partial charge is 0.337 e. The summed E-state index contributed by atoms with van der Waals surface area (Å²) in [4.78, 5) is 16.7. The molecule has 4 rings (SSSR count). The Hall–Kier alpha value is -3.20. The first-order valence-corrected chi connectivity index (χ1v) is 10.7. The Morgan fingerprint density at radius 2 is 1.73 bits per heavy atom. The fraction of sp³-hybridized carbons (Fsp3) is 0.333. The number of aromatic nitrogens is 2. The van der Waals surface area contributed by atoms with Crippen LogP contribution in [0.25, 0.3) is 5.69 Å². The predicted octanol–water partition coefficient (Wildman–Crippen LogP) is 4.69. The number of nitrogens with zero attached hydrogens (tertiary/aromatic N) is 4. The van der Waals surface area contributed by atoms with Gasteiger partial charge in [-0.25, -0.2) is 9.07 Å². The average molecular weight is 460 g/mol. The zero-order chi connectivity index (χ0) is 23.6. The van der Waals surface area contributed by atoms with Gasteiger partial charge in [-0.2, -0.15) is 18.3 Å². The van der Waals surface area contributed by atoms with Crippen molar-refractivity contribution in [3.63, 3.8) is 0 Å². The highest BCUT2D eigenvalue weighted by Gasteiger charge is 2.41. The molecule has 174 valence electrons. The standard InChI is InChI=1S/C24H24F4N4O/c1-17-5-2-3-6-21(17)32-22(24(26,27)28)20(15-29-32)23(33)31-12-4-11-30(13-14-31)16-18-7-9-19(25)10-8-18/h2-3,5-10,15H,4,11-14,16H2,1H3. The molecule has 0 spiro atoms. The van der Waals surface area contributed by atoms with E-state index in [2.05, 4.69) is 10.00 Å². The molecule has 0 atom stereocenters. The fourth-order valence-electron chi connectivity index (χ4n) is 4.11. The molecule has 33 heavy (non-hydrogen) atoms. The van der Waals surface area contributed by atoms with Gasteiger partial charge in [0.15, 0.2) is 5.69 Å². The Morgan fingerprint density at radius 1 is 1.00 bits per heavy atom. The lowest BCUT2D eigenvalue weighted by molar-refractivity contribution is -0.143. The molecular weight excluding hydrogens is 436 g/mol. The van der Waals surface area contributed by atoms with E-state index in [0.717, 1.165) is 16.4 Å². The van der Waals surface area contributed by atoms with Crippen LogP contribution in [0.5, 0.6) is 0 Å². The third kappa shape index (κ3) is 5.08. The largest absolute Gasteiger partial charge is 0.434 e. The number of halogens is 4. The number of carbonyl (C=O) groups is 1. The van der Waals surface area contributed by atoms with Crippen LogP contribution in [0.4, 0.5) is 17.6 Å². The minimum absolute atomic E-state index is 0.283. The second-order valence-electron chi connectivity index (χ2n) is 8.15. The van der Waals surface area contributed by atoms with Gasteiger partial charge >= 0.3 is 6.18 Å². The van der Waals surface area contributed by atoms with Crippen molar-refractivity contribution in [3.8, 4) is 5.69 Å². The number of benzene rings is 2. The molecule has 2 heterocycles. The van der Waals surface area contributed by atoms with Crippen molar-refractivity contribution >= 4 is 5.91 Å². The fourth-order valence-corrected chi connectivity index (χ4v) is 4.11. The Kier molecular flexibility index (Phi) is 6.51. The summed E-state index contributed by atoms with van der Waals surface area (Å²) in [5.74, 6) is -0.983. The number of aryl methyl sites for hydroxylation is 1. The maximum Gasteiger partial charge on any atom is 0.434 e. The third-order valence-electron chi connectivity index (χ3n) is 5.81. The number of hydrogen-bond donors (Lipinski definition) is 0. The van der Waals surface area contributed by atoms with Crippen molar-refractivity contribution in [2.24, 2.45) is 0 Å². The summed E-state index contributed by atoms with van der Waals surface area (Å²) < 4.78 is 56.0. The monoisotopic (exact) mass is 460 g/mol. The van der Waals surface area contributed by atoms with E-state index in [9.17, 15) is 22.4 Å². The van der Waals surface area contributed by atoms with E-state index in [1.165, 1.54) is 17.0 Å². The molecule has 2 aromatic carbocycles. The lowest BCUT2D eigenvalue weighted by Crippen LogP contribution is -2.36. The Bertz CT molecular complexity index is 1120. The SMILES string of the molecule is Cc1ccccc1-n1ncc(C(=O)N2CCCN(Cc3ccc(F)cc3)CC2)c1C(F)(F)F. The van der Waals surface area contributed by atoms with Crippen molar-refractivity contribution in [3.05, 3.63) is 82.9 Å². The van der Waals surface area contributed by atoms with E-state index in [1.54, 1.807) is 43.3 Å². The van der Waals surface area contributed by atoms with Crippen LogP contribution < -0.4 is 0 Å². The van der Waals surface area contributed by atoms with E-state index in [-0.39, 0.29) is 11.5 Å². The zero-order valence-corrected chi connectivity index (χ0v) is 18.1. The van der Waals surface area contributed by atoms with Crippen LogP contribution in [-0.2, 0) is 12.7 Å². The molecule has 0 bridgehead atoms. The molecule has 0 aliphatic carbocycles. The average Bonchev–Trinajstić information content (AvgIpc) is 3.10. The Morgan fingerprint density at radius 3 is 2.42 bits per heavy atom. The Balaban J connectivity index is 1.54. The van der Waals surface area contributed by atoms with E-state index < -0.39 is 23.3 Å². The molecule has 0 saturated carbocycles. The molecule has 1 aromatic heterocycles. The first-order valence-electron chi connectivity index (χ1n) is 10.7. The summed E-state index contributed by atoms with van der Waals surface area (Å²) in [7, 11) is 0. The molecule has 0 N–H and O–H groups in total. The van der Waals surface area contributed by atoms with Crippen molar-refractivity contribution in [2.75, 3.05) is 26.2 Å². The summed E-state index contributed by atoms with van der Waals surface area (Å²) in [6.45, 7) is 4.13. The number of alkyl halides is 3. The van der Waals surface area contributed by atoms with E-state index in [4.69, 9.17) is 0 Å². The number of rotatable bonds is 4. The number of para-hydroxylation sites is 1. The molecule has 1 fully saturated rings. The van der Waals surface area contributed by atoms with Crippen LogP contribution in [0, 0.1) is 12.7 Å². The van der Waals surface area contributed by atoms with Crippen molar-refractivity contribution in [2.45, 2.75) is 26.1 Å². The number of carbonyl (C=O) groups excluding carboxylic acids is 1. The second-order valence-corrected chi connectivity index (χ2v) is 8.15. The van der Waals surface area contributed by atoms with Gasteiger partial charge in [0.2, 0.25) is 0 Å². The van der Waals surface area contributed by atoms with Crippen LogP contribution >= 0.6 is 0 Å². The van der Waals surface area contributed by atoms with E-state index >= 15 is 0 Å². The van der Waals surface area contributed by atoms with Gasteiger partial charge in [0.05, 0.1) is 17.4 Å². The van der Waals surface area contributed by atoms with Crippen LogP contribution in [0.15, 0.2) is 54.7 Å². The van der Waals surface area contributed by atoms with Gasteiger partial charge in [0, 0.05) is 32.7 Å². The molecule has 9 heteroatoms. The quantitative estimate of drug-likeness (QED) is 0.531. The van der Waals surface area contributed by atoms with Gasteiger partial charge in [-0.15, -0.1) is 0 Å². The predicted molar refractivity (Wildman–Crippen MR) is 116 cm³/mol. The summed E-state index contributed by atoms with van der Waals surface area (Å²) in [5.41, 5.74) is 0.337. The lowest BCUT2D eigenvalue weighted by atomic mass is 10.1. The van der Waals surface area contributed by atoms with E-state index in [0.29, 0.717) is 44.7 Å². The first-order chi connectivity index (χ1) is 15.7. The Labute approximate surface area is 189 Å². The number of hydrogen-bond acceptors (Lipinski definition) is 3. The van der Waals surface area contributed by atoms with Crippen molar-refractivity contribution in [1.29, 1.82) is 0 Å². The van der Waals surface area contributed by atoms with E-state index in [1.807, 2.05) is 0 Å². The lowest BCUT2D eigenvalue weighted by Gasteiger charge is -2.22. The molecule has 5 nitrogen and oxygen atoms in total. The highest BCUT2D eigenvalue weighted by Crippen LogP contribution is 2.35. The van der Waals surface area contributed by atoms with Crippen molar-refractivity contribution < 1.29 is 22.4 Å². The van der Waals surface area contributed by atoms with Crippen LogP contribution in [0.1, 0.15) is 33.6 Å². The molecule has 3 aromatic rings. The summed E-state index contributed by atoms with van der Waals surface area (Å²) >= 11 is 0. The maximum absolute atomic E-state index is 14.0. The maximum atomic E-state index is 14.0. The van der Waals surface area contributed by atoms with Crippen LogP contribution in [0.3, 0.4) is 0 Å². The molecule has 0 radical (unpaired) electrons. The third-order valence-corrected chi connectivity index (χ3v) is 5.81. The molecule has 0 unspecified atom stereocenters. The van der Waals surface area contributed by atoms with Gasteiger partial charge < -0.3 is 4.90 Å². The first kappa shape index (κ1) is 23.0. The normalized spacial score (nSPS) is 15.5. The molecule has 1 saturated heterocycles. The van der Waals surface area contributed by atoms with Gasteiger partial charge in [-0.05, 0) is 42.7 Å². The molecule has 1 aliphatic rings. The summed E-state index contributed by atoms with van der Waals surface area (Å²) in [6.07, 6.45) is -3.11. The van der Waals surface area contributed by atoms with Gasteiger partial charge in [-0.1, -0.05) is 30.3 Å². The minimum Gasteiger partial charge on any atom is -0.337 e. The molecule has 1 aliphatic heterocycles. The molecular formula is C24H24F4N4O. The van der Waals surface area contributed by atoms with Crippen LogP contribution in [-0.4, -0.2) is 51.7 Å². The van der Waals surface area contributed by atoms with Gasteiger partial charge in [0.25, 0.3) is 5.91 Å². The van der Waals surface area contributed by atoms with Crippen LogP contribution in [0.2, 0.25) is 0 Å². The number of amides is 1. The summed E-state index contributed by atoms with van der Waals surface area (Å²) in [6, 6.07) is 12.8. The zero-order valence-electron chi connectivity index (χ0n) is 18.1. The topological polar surface area (TPSA) is 41.4 Å².